The lowest BCUT2D eigenvalue weighted by Gasteiger charge is -2.24. The van der Waals surface area contributed by atoms with Gasteiger partial charge in [0, 0.05) is 18.0 Å². The molecule has 0 amide bonds. The first-order valence-electron chi connectivity index (χ1n) is 7.53. The normalized spacial score (nSPS) is 16.0. The third-order valence-electron chi connectivity index (χ3n) is 3.74. The van der Waals surface area contributed by atoms with E-state index in [0.717, 1.165) is 36.9 Å². The molecule has 8 heteroatoms. The highest BCUT2D eigenvalue weighted by molar-refractivity contribution is 7.15. The molecule has 4 heterocycles. The molecule has 1 N–H and O–H groups in total. The van der Waals surface area contributed by atoms with E-state index in [1.54, 1.807) is 11.3 Å². The van der Waals surface area contributed by atoms with Crippen molar-refractivity contribution in [3.63, 3.8) is 0 Å². The Hall–Kier alpha value is -2.03. The van der Waals surface area contributed by atoms with Gasteiger partial charge in [0.15, 0.2) is 11.5 Å². The van der Waals surface area contributed by atoms with Gasteiger partial charge in [-0.15, -0.1) is 11.3 Å². The van der Waals surface area contributed by atoms with Crippen molar-refractivity contribution in [1.82, 2.24) is 25.2 Å². The zero-order valence-electron chi connectivity index (χ0n) is 12.8. The van der Waals surface area contributed by atoms with Crippen molar-refractivity contribution < 1.29 is 9.26 Å². The van der Waals surface area contributed by atoms with E-state index in [0.29, 0.717) is 24.0 Å². The highest BCUT2D eigenvalue weighted by Gasteiger charge is 2.17. The van der Waals surface area contributed by atoms with Gasteiger partial charge in [-0.05, 0) is 25.1 Å². The van der Waals surface area contributed by atoms with Crippen molar-refractivity contribution >= 4 is 11.3 Å². The number of nitrogens with one attached hydrogen (secondary N) is 1. The molecule has 0 spiro atoms. The molecule has 120 valence electrons. The highest BCUT2D eigenvalue weighted by Crippen LogP contribution is 2.28. The Morgan fingerprint density at radius 3 is 2.96 bits per heavy atom. The van der Waals surface area contributed by atoms with E-state index in [4.69, 9.17) is 9.26 Å². The Balaban J connectivity index is 1.49. The van der Waals surface area contributed by atoms with Crippen LogP contribution in [-0.4, -0.2) is 51.5 Å². The molecule has 1 aliphatic heterocycles. The summed E-state index contributed by atoms with van der Waals surface area (Å²) in [6.07, 6.45) is 0. The van der Waals surface area contributed by atoms with Gasteiger partial charge in [-0.1, -0.05) is 5.16 Å². The second-order valence-electron chi connectivity index (χ2n) is 5.48. The van der Waals surface area contributed by atoms with E-state index < -0.39 is 0 Å². The first-order chi connectivity index (χ1) is 11.3. The van der Waals surface area contributed by atoms with Gasteiger partial charge in [-0.2, -0.15) is 10.1 Å². The van der Waals surface area contributed by atoms with E-state index in [1.807, 2.05) is 6.07 Å². The summed E-state index contributed by atoms with van der Waals surface area (Å²) in [5, 5.41) is 11.4. The molecule has 0 unspecified atom stereocenters. The number of H-pyrrole nitrogens is 1. The molecular formula is C15H17N5O2S. The second-order valence-corrected chi connectivity index (χ2v) is 6.77. The number of aromatic nitrogens is 4. The maximum atomic E-state index is 5.35. The van der Waals surface area contributed by atoms with Crippen molar-refractivity contribution in [3.05, 3.63) is 28.9 Å². The Kier molecular flexibility index (Phi) is 3.94. The van der Waals surface area contributed by atoms with Gasteiger partial charge in [-0.3, -0.25) is 10.00 Å². The maximum absolute atomic E-state index is 5.35. The van der Waals surface area contributed by atoms with Crippen LogP contribution in [-0.2, 0) is 11.3 Å². The van der Waals surface area contributed by atoms with Crippen molar-refractivity contribution in [2.24, 2.45) is 0 Å². The number of ether oxygens (including phenoxy) is 1. The molecule has 1 saturated heterocycles. The molecule has 0 saturated carbocycles. The molecule has 0 aliphatic carbocycles. The molecule has 7 nitrogen and oxygen atoms in total. The van der Waals surface area contributed by atoms with Crippen molar-refractivity contribution in [2.75, 3.05) is 26.3 Å². The van der Waals surface area contributed by atoms with Gasteiger partial charge in [0.05, 0.1) is 30.3 Å². The minimum Gasteiger partial charge on any atom is -0.379 e. The summed E-state index contributed by atoms with van der Waals surface area (Å²) < 4.78 is 10.7. The number of hydrogen-bond acceptors (Lipinski definition) is 7. The average Bonchev–Trinajstić information content (AvgIpc) is 3.28. The van der Waals surface area contributed by atoms with E-state index in [-0.39, 0.29) is 0 Å². The van der Waals surface area contributed by atoms with Crippen LogP contribution in [0.25, 0.3) is 22.2 Å². The van der Waals surface area contributed by atoms with Crippen LogP contribution in [0.2, 0.25) is 0 Å². The van der Waals surface area contributed by atoms with Crippen LogP contribution in [0.4, 0.5) is 0 Å². The summed E-state index contributed by atoms with van der Waals surface area (Å²) in [6.45, 7) is 6.07. The SMILES string of the molecule is Cc1ccc(-c2cc(-c3nc(CN4CCOCC4)no3)n[nH]2)s1. The quantitative estimate of drug-likeness (QED) is 0.790. The van der Waals surface area contributed by atoms with Crippen molar-refractivity contribution in [3.8, 4) is 22.2 Å². The number of thiophene rings is 1. The summed E-state index contributed by atoms with van der Waals surface area (Å²) in [5.74, 6) is 1.13. The van der Waals surface area contributed by atoms with E-state index in [1.165, 1.54) is 4.88 Å². The summed E-state index contributed by atoms with van der Waals surface area (Å²) in [6, 6.07) is 6.11. The van der Waals surface area contributed by atoms with Crippen LogP contribution in [0.15, 0.2) is 22.7 Å². The Morgan fingerprint density at radius 2 is 2.17 bits per heavy atom. The molecule has 1 aliphatic rings. The van der Waals surface area contributed by atoms with Crippen LogP contribution in [0.1, 0.15) is 10.7 Å². The third-order valence-corrected chi connectivity index (χ3v) is 4.77. The van der Waals surface area contributed by atoms with Crippen LogP contribution >= 0.6 is 11.3 Å². The number of aromatic amines is 1. The van der Waals surface area contributed by atoms with Gasteiger partial charge in [0.2, 0.25) is 0 Å². The molecule has 23 heavy (non-hydrogen) atoms. The predicted molar refractivity (Wildman–Crippen MR) is 86.0 cm³/mol. The molecular weight excluding hydrogens is 314 g/mol. The Bertz CT molecular complexity index is 787. The number of nitrogens with zero attached hydrogens (tertiary/aromatic N) is 4. The summed E-state index contributed by atoms with van der Waals surface area (Å²) in [4.78, 5) is 9.11. The highest BCUT2D eigenvalue weighted by atomic mass is 32.1. The molecule has 0 atom stereocenters. The average molecular weight is 331 g/mol. The third kappa shape index (κ3) is 3.19. The lowest BCUT2D eigenvalue weighted by atomic mass is 10.3. The monoisotopic (exact) mass is 331 g/mol. The van der Waals surface area contributed by atoms with E-state index in [9.17, 15) is 0 Å². The first-order valence-corrected chi connectivity index (χ1v) is 8.35. The van der Waals surface area contributed by atoms with Gasteiger partial charge in [0.25, 0.3) is 5.89 Å². The molecule has 3 aromatic heterocycles. The Labute approximate surface area is 137 Å². The molecule has 3 aromatic rings. The molecule has 0 bridgehead atoms. The van der Waals surface area contributed by atoms with Crippen molar-refractivity contribution in [1.29, 1.82) is 0 Å². The summed E-state index contributed by atoms with van der Waals surface area (Å²) in [5.41, 5.74) is 1.64. The maximum Gasteiger partial charge on any atom is 0.278 e. The number of aryl methyl sites for hydroxylation is 1. The smallest absolute Gasteiger partial charge is 0.278 e. The van der Waals surface area contributed by atoms with Crippen LogP contribution in [0.3, 0.4) is 0 Å². The fourth-order valence-electron chi connectivity index (χ4n) is 2.52. The summed E-state index contributed by atoms with van der Waals surface area (Å²) in [7, 11) is 0. The standard InChI is InChI=1S/C15H17N5O2S/c1-10-2-3-13(23-10)11-8-12(18-17-11)15-16-14(19-22-15)9-20-4-6-21-7-5-20/h2-3,8H,4-7,9H2,1H3,(H,17,18). The van der Waals surface area contributed by atoms with E-state index >= 15 is 0 Å². The molecule has 4 rings (SSSR count). The van der Waals surface area contributed by atoms with Gasteiger partial charge in [-0.25, -0.2) is 0 Å². The van der Waals surface area contributed by atoms with Gasteiger partial charge in [0.1, 0.15) is 0 Å². The Morgan fingerprint density at radius 1 is 1.30 bits per heavy atom. The van der Waals surface area contributed by atoms with Crippen LogP contribution in [0.5, 0.6) is 0 Å². The van der Waals surface area contributed by atoms with Gasteiger partial charge >= 0.3 is 0 Å². The zero-order chi connectivity index (χ0) is 15.6. The number of morpholine rings is 1. The molecule has 0 radical (unpaired) electrons. The lowest BCUT2D eigenvalue weighted by molar-refractivity contribution is 0.0327. The van der Waals surface area contributed by atoms with Crippen LogP contribution < -0.4 is 0 Å². The lowest BCUT2D eigenvalue weighted by Crippen LogP contribution is -2.35. The molecule has 0 aromatic carbocycles. The largest absolute Gasteiger partial charge is 0.379 e. The minimum absolute atomic E-state index is 0.448. The predicted octanol–water partition coefficient (Wildman–Crippen LogP) is 2.33. The number of hydrogen-bond donors (Lipinski definition) is 1. The number of rotatable bonds is 4. The van der Waals surface area contributed by atoms with E-state index in [2.05, 4.69) is 44.3 Å². The first kappa shape index (κ1) is 14.6. The fourth-order valence-corrected chi connectivity index (χ4v) is 3.35. The summed E-state index contributed by atoms with van der Waals surface area (Å²) >= 11 is 1.72. The minimum atomic E-state index is 0.448. The topological polar surface area (TPSA) is 80.1 Å². The second kappa shape index (κ2) is 6.23. The fraction of sp³-hybridized carbons (Fsp3) is 0.400. The van der Waals surface area contributed by atoms with Crippen LogP contribution in [0, 0.1) is 6.92 Å². The van der Waals surface area contributed by atoms with Gasteiger partial charge < -0.3 is 9.26 Å². The van der Waals surface area contributed by atoms with Crippen molar-refractivity contribution in [2.45, 2.75) is 13.5 Å². The zero-order valence-corrected chi connectivity index (χ0v) is 13.6. The molecule has 1 fully saturated rings.